The van der Waals surface area contributed by atoms with Gasteiger partial charge in [-0.25, -0.2) is 0 Å². The molecule has 1 saturated heterocycles. The summed E-state index contributed by atoms with van der Waals surface area (Å²) in [4.78, 5) is 14.8. The van der Waals surface area contributed by atoms with Crippen molar-refractivity contribution < 1.29 is 9.53 Å². The van der Waals surface area contributed by atoms with Gasteiger partial charge in [-0.15, -0.1) is 0 Å². The highest BCUT2D eigenvalue weighted by molar-refractivity contribution is 5.94. The third kappa shape index (κ3) is 4.40. The van der Waals surface area contributed by atoms with E-state index in [9.17, 15) is 4.79 Å². The minimum absolute atomic E-state index is 0.00210. The maximum absolute atomic E-state index is 12.8. The number of hydrogen-bond acceptors (Lipinski definition) is 3. The fourth-order valence-electron chi connectivity index (χ4n) is 3.36. The zero-order valence-corrected chi connectivity index (χ0v) is 14.7. The smallest absolute Gasteiger partial charge is 0.254 e. The number of benzene rings is 2. The number of amides is 1. The number of piperidine rings is 1. The van der Waals surface area contributed by atoms with Crippen LogP contribution in [0.4, 0.5) is 0 Å². The van der Waals surface area contributed by atoms with Gasteiger partial charge in [0.05, 0.1) is 0 Å². The monoisotopic (exact) mass is 338 g/mol. The molecule has 0 saturated carbocycles. The van der Waals surface area contributed by atoms with Crippen LogP contribution in [0.5, 0.6) is 5.75 Å². The number of carbonyl (C=O) groups is 1. The molecule has 2 aromatic carbocycles. The van der Waals surface area contributed by atoms with E-state index in [1.165, 1.54) is 0 Å². The van der Waals surface area contributed by atoms with Gasteiger partial charge in [0.2, 0.25) is 0 Å². The summed E-state index contributed by atoms with van der Waals surface area (Å²) in [5, 5.41) is 0. The Morgan fingerprint density at radius 2 is 1.88 bits per heavy atom. The van der Waals surface area contributed by atoms with E-state index in [4.69, 9.17) is 10.5 Å². The summed E-state index contributed by atoms with van der Waals surface area (Å²) in [7, 11) is 0. The minimum Gasteiger partial charge on any atom is -0.489 e. The van der Waals surface area contributed by atoms with Crippen LogP contribution < -0.4 is 10.5 Å². The van der Waals surface area contributed by atoms with Gasteiger partial charge in [0.25, 0.3) is 5.91 Å². The fraction of sp³-hybridized carbons (Fsp3) is 0.381. The van der Waals surface area contributed by atoms with Gasteiger partial charge in [0.1, 0.15) is 12.4 Å². The van der Waals surface area contributed by atoms with E-state index in [1.54, 1.807) is 0 Å². The predicted molar refractivity (Wildman–Crippen MR) is 99.5 cm³/mol. The lowest BCUT2D eigenvalue weighted by atomic mass is 9.96. The van der Waals surface area contributed by atoms with Crippen LogP contribution in [-0.2, 0) is 6.61 Å². The van der Waals surface area contributed by atoms with Crippen molar-refractivity contribution in [3.05, 3.63) is 65.7 Å². The topological polar surface area (TPSA) is 55.6 Å². The Labute approximate surface area is 149 Å². The zero-order chi connectivity index (χ0) is 17.6. The highest BCUT2D eigenvalue weighted by atomic mass is 16.5. The van der Waals surface area contributed by atoms with Crippen LogP contribution in [0.2, 0.25) is 0 Å². The van der Waals surface area contributed by atoms with E-state index in [2.05, 4.69) is 0 Å². The van der Waals surface area contributed by atoms with Crippen LogP contribution in [0.15, 0.2) is 54.6 Å². The molecule has 4 heteroatoms. The molecule has 0 radical (unpaired) electrons. The van der Waals surface area contributed by atoms with E-state index in [0.717, 1.165) is 37.1 Å². The van der Waals surface area contributed by atoms with Gasteiger partial charge >= 0.3 is 0 Å². The molecule has 4 nitrogen and oxygen atoms in total. The van der Waals surface area contributed by atoms with Crippen molar-refractivity contribution in [2.45, 2.75) is 44.9 Å². The summed E-state index contributed by atoms with van der Waals surface area (Å²) in [5.74, 6) is 0.833. The summed E-state index contributed by atoms with van der Waals surface area (Å²) in [6, 6.07) is 17.6. The fourth-order valence-corrected chi connectivity index (χ4v) is 3.36. The number of nitrogens with two attached hydrogens (primary N) is 1. The molecule has 1 fully saturated rings. The second-order valence-corrected chi connectivity index (χ2v) is 6.72. The van der Waals surface area contributed by atoms with E-state index in [-0.39, 0.29) is 18.0 Å². The Balaban J connectivity index is 1.64. The first-order chi connectivity index (χ1) is 12.1. The van der Waals surface area contributed by atoms with Crippen molar-refractivity contribution in [2.24, 2.45) is 5.73 Å². The van der Waals surface area contributed by atoms with Crippen molar-refractivity contribution in [3.63, 3.8) is 0 Å². The average Bonchev–Trinajstić information content (AvgIpc) is 2.67. The Morgan fingerprint density at radius 3 is 2.56 bits per heavy atom. The lowest BCUT2D eigenvalue weighted by Gasteiger charge is -2.38. The van der Waals surface area contributed by atoms with Crippen LogP contribution in [0.3, 0.4) is 0 Å². The molecule has 1 heterocycles. The number of rotatable bonds is 5. The Kier molecular flexibility index (Phi) is 5.71. The van der Waals surface area contributed by atoms with E-state index >= 15 is 0 Å². The van der Waals surface area contributed by atoms with Gasteiger partial charge in [-0.3, -0.25) is 4.79 Å². The van der Waals surface area contributed by atoms with Crippen LogP contribution in [0.25, 0.3) is 0 Å². The molecule has 2 unspecified atom stereocenters. The van der Waals surface area contributed by atoms with E-state index in [1.807, 2.05) is 66.4 Å². The van der Waals surface area contributed by atoms with Gasteiger partial charge in [-0.05, 0) is 56.0 Å². The van der Waals surface area contributed by atoms with Crippen molar-refractivity contribution in [1.29, 1.82) is 0 Å². The lowest BCUT2D eigenvalue weighted by molar-refractivity contribution is 0.0584. The first-order valence-electron chi connectivity index (χ1n) is 8.98. The van der Waals surface area contributed by atoms with Crippen LogP contribution in [-0.4, -0.2) is 29.4 Å². The SMILES string of the molecule is CC(N)C1CCCCN1C(=O)c1ccc(OCc2ccccc2)cc1. The number of nitrogens with zero attached hydrogens (tertiary/aromatic N) is 1. The molecule has 3 rings (SSSR count). The summed E-state index contributed by atoms with van der Waals surface area (Å²) in [6.45, 7) is 3.29. The van der Waals surface area contributed by atoms with Gasteiger partial charge < -0.3 is 15.4 Å². The Bertz CT molecular complexity index is 683. The van der Waals surface area contributed by atoms with E-state index < -0.39 is 0 Å². The van der Waals surface area contributed by atoms with Crippen molar-refractivity contribution in [3.8, 4) is 5.75 Å². The third-order valence-electron chi connectivity index (χ3n) is 4.77. The summed E-state index contributed by atoms with van der Waals surface area (Å²) < 4.78 is 5.79. The quantitative estimate of drug-likeness (QED) is 0.906. The predicted octanol–water partition coefficient (Wildman–Crippen LogP) is 3.61. The molecular weight excluding hydrogens is 312 g/mol. The molecular formula is C21H26N2O2. The molecule has 132 valence electrons. The molecule has 2 atom stereocenters. The summed E-state index contributed by atoms with van der Waals surface area (Å²) >= 11 is 0. The summed E-state index contributed by atoms with van der Waals surface area (Å²) in [6.07, 6.45) is 3.18. The van der Waals surface area contributed by atoms with Gasteiger partial charge in [-0.1, -0.05) is 30.3 Å². The first-order valence-corrected chi connectivity index (χ1v) is 8.98. The van der Waals surface area contributed by atoms with Crippen molar-refractivity contribution >= 4 is 5.91 Å². The largest absolute Gasteiger partial charge is 0.489 e. The molecule has 0 bridgehead atoms. The standard InChI is InChI=1S/C21H26N2O2/c1-16(22)20-9-5-6-14-23(20)21(24)18-10-12-19(13-11-18)25-15-17-7-3-2-4-8-17/h2-4,7-8,10-13,16,20H,5-6,9,14-15,22H2,1H3. The molecule has 0 spiro atoms. The van der Waals surface area contributed by atoms with E-state index in [0.29, 0.717) is 12.2 Å². The highest BCUT2D eigenvalue weighted by Crippen LogP contribution is 2.22. The van der Waals surface area contributed by atoms with Gasteiger partial charge in [-0.2, -0.15) is 0 Å². The van der Waals surface area contributed by atoms with Gasteiger partial charge in [0, 0.05) is 24.2 Å². The molecule has 1 aliphatic heterocycles. The Hall–Kier alpha value is -2.33. The molecule has 2 N–H and O–H groups in total. The highest BCUT2D eigenvalue weighted by Gasteiger charge is 2.29. The van der Waals surface area contributed by atoms with Crippen molar-refractivity contribution in [1.82, 2.24) is 4.90 Å². The normalized spacial score (nSPS) is 18.6. The molecule has 1 aliphatic rings. The lowest BCUT2D eigenvalue weighted by Crippen LogP contribution is -2.51. The van der Waals surface area contributed by atoms with Crippen LogP contribution in [0.1, 0.15) is 42.1 Å². The molecule has 2 aromatic rings. The second-order valence-electron chi connectivity index (χ2n) is 6.72. The number of carbonyl (C=O) groups excluding carboxylic acids is 1. The maximum Gasteiger partial charge on any atom is 0.254 e. The molecule has 0 aromatic heterocycles. The number of hydrogen-bond donors (Lipinski definition) is 1. The molecule has 1 amide bonds. The number of likely N-dealkylation sites (tertiary alicyclic amines) is 1. The summed E-state index contributed by atoms with van der Waals surface area (Å²) in [5.41, 5.74) is 7.89. The van der Waals surface area contributed by atoms with Crippen molar-refractivity contribution in [2.75, 3.05) is 6.54 Å². The molecule has 0 aliphatic carbocycles. The van der Waals surface area contributed by atoms with Gasteiger partial charge in [0.15, 0.2) is 0 Å². The minimum atomic E-state index is -0.00210. The zero-order valence-electron chi connectivity index (χ0n) is 14.7. The van der Waals surface area contributed by atoms with Crippen LogP contribution in [0, 0.1) is 0 Å². The molecule has 25 heavy (non-hydrogen) atoms. The average molecular weight is 338 g/mol. The maximum atomic E-state index is 12.8. The Morgan fingerprint density at radius 1 is 1.16 bits per heavy atom. The number of ether oxygens (including phenoxy) is 1. The first kappa shape index (κ1) is 17.5. The second kappa shape index (κ2) is 8.17. The third-order valence-corrected chi connectivity index (χ3v) is 4.77. The van der Waals surface area contributed by atoms with Crippen LogP contribution >= 0.6 is 0 Å².